The Morgan fingerprint density at radius 3 is 2.57 bits per heavy atom. The molecule has 2 unspecified atom stereocenters. The number of benzene rings is 1. The molecule has 1 aromatic rings. The average molecular weight is 390 g/mol. The molecule has 28 heavy (non-hydrogen) atoms. The van der Waals surface area contributed by atoms with Gasteiger partial charge in [0.15, 0.2) is 0 Å². The molecule has 0 saturated carbocycles. The normalized spacial score (nSPS) is 13.6. The second kappa shape index (κ2) is 12.9. The highest BCUT2D eigenvalue weighted by Gasteiger charge is 2.22. The molecule has 0 heterocycles. The first-order valence-electron chi connectivity index (χ1n) is 9.94. The molecule has 1 amide bonds. The van der Waals surface area contributed by atoms with E-state index in [0.29, 0.717) is 12.0 Å². The highest BCUT2D eigenvalue weighted by Crippen LogP contribution is 2.13. The summed E-state index contributed by atoms with van der Waals surface area (Å²) >= 11 is 0. The van der Waals surface area contributed by atoms with Gasteiger partial charge >= 0.3 is 5.97 Å². The molecule has 154 valence electrons. The van der Waals surface area contributed by atoms with E-state index in [4.69, 9.17) is 4.74 Å². The summed E-state index contributed by atoms with van der Waals surface area (Å²) in [4.78, 5) is 24.7. The third-order valence-corrected chi connectivity index (χ3v) is 4.34. The maximum Gasteiger partial charge on any atom is 0.329 e. The number of aryl methyl sites for hydroxylation is 1. The van der Waals surface area contributed by atoms with Crippen molar-refractivity contribution in [1.82, 2.24) is 5.32 Å². The van der Waals surface area contributed by atoms with Gasteiger partial charge in [-0.2, -0.15) is 0 Å². The monoisotopic (exact) mass is 389 g/mol. The second-order valence-electron chi connectivity index (χ2n) is 6.91. The van der Waals surface area contributed by atoms with Gasteiger partial charge in [0.05, 0.1) is 0 Å². The van der Waals surface area contributed by atoms with Crippen molar-refractivity contribution < 1.29 is 18.7 Å². The number of hydrogen-bond donors (Lipinski definition) is 1. The van der Waals surface area contributed by atoms with Crippen LogP contribution in [-0.4, -0.2) is 24.5 Å². The predicted octanol–water partition coefficient (Wildman–Crippen LogP) is 4.53. The fourth-order valence-electron chi connectivity index (χ4n) is 2.82. The van der Waals surface area contributed by atoms with Crippen LogP contribution in [0.4, 0.5) is 4.39 Å². The third-order valence-electron chi connectivity index (χ3n) is 4.34. The minimum Gasteiger partial charge on any atom is -0.460 e. The highest BCUT2D eigenvalue weighted by atomic mass is 19.1. The summed E-state index contributed by atoms with van der Waals surface area (Å²) in [5.41, 5.74) is 1.49. The van der Waals surface area contributed by atoms with Crippen molar-refractivity contribution in [3.63, 3.8) is 0 Å². The number of rotatable bonds is 11. The molecule has 1 N–H and O–H groups in total. The third kappa shape index (κ3) is 8.98. The first-order valence-corrected chi connectivity index (χ1v) is 9.94. The van der Waals surface area contributed by atoms with Crippen LogP contribution in [-0.2, 0) is 27.2 Å². The van der Waals surface area contributed by atoms with Crippen LogP contribution in [0.25, 0.3) is 0 Å². The molecule has 5 heteroatoms. The van der Waals surface area contributed by atoms with Crippen molar-refractivity contribution in [3.05, 3.63) is 59.4 Å². The van der Waals surface area contributed by atoms with Crippen LogP contribution in [0.2, 0.25) is 0 Å². The molecule has 0 radical (unpaired) electrons. The zero-order valence-electron chi connectivity index (χ0n) is 17.3. The molecule has 0 aromatic heterocycles. The van der Waals surface area contributed by atoms with Crippen LogP contribution in [0.1, 0.15) is 51.7 Å². The van der Waals surface area contributed by atoms with E-state index in [0.717, 1.165) is 18.4 Å². The van der Waals surface area contributed by atoms with Crippen molar-refractivity contribution in [2.24, 2.45) is 5.92 Å². The van der Waals surface area contributed by atoms with Crippen LogP contribution in [0.15, 0.2) is 42.5 Å². The molecule has 1 rings (SSSR count). The Morgan fingerprint density at radius 2 is 1.93 bits per heavy atom. The first-order chi connectivity index (χ1) is 13.4. The van der Waals surface area contributed by atoms with E-state index in [1.54, 1.807) is 12.2 Å². The van der Waals surface area contributed by atoms with Gasteiger partial charge in [0.25, 0.3) is 0 Å². The van der Waals surface area contributed by atoms with Gasteiger partial charge in [0.1, 0.15) is 18.5 Å². The number of allylic oxidation sites excluding steroid dienone is 2. The Labute approximate surface area is 167 Å². The molecular weight excluding hydrogens is 357 g/mol. The van der Waals surface area contributed by atoms with Gasteiger partial charge in [-0.3, -0.25) is 4.79 Å². The topological polar surface area (TPSA) is 55.4 Å². The molecule has 0 saturated heterocycles. The predicted molar refractivity (Wildman–Crippen MR) is 110 cm³/mol. The standard InChI is InChI=1S/C23H32FNO3/c1-5-8-12-28-23(27)21(25-22(26)11-10-17(4)9-6-2)16-19-13-18(7-3)14-20(24)15-19/h5,8,10-11,13-15,17,21H,6-7,9,12,16H2,1-4H3,(H,25,26)/b8-5-,11-10+. The zero-order valence-corrected chi connectivity index (χ0v) is 17.3. The van der Waals surface area contributed by atoms with Crippen molar-refractivity contribution in [3.8, 4) is 0 Å². The van der Waals surface area contributed by atoms with Crippen LogP contribution in [0.3, 0.4) is 0 Å². The molecule has 0 bridgehead atoms. The Balaban J connectivity index is 2.91. The molecule has 0 aliphatic carbocycles. The summed E-state index contributed by atoms with van der Waals surface area (Å²) in [5, 5.41) is 2.70. The lowest BCUT2D eigenvalue weighted by Gasteiger charge is -2.17. The lowest BCUT2D eigenvalue weighted by Crippen LogP contribution is -2.42. The summed E-state index contributed by atoms with van der Waals surface area (Å²) in [7, 11) is 0. The lowest BCUT2D eigenvalue weighted by atomic mass is 10.0. The molecular formula is C23H32FNO3. The Kier molecular flexibility index (Phi) is 10.8. The van der Waals surface area contributed by atoms with Gasteiger partial charge in [-0.15, -0.1) is 0 Å². The Bertz CT molecular complexity index is 697. The van der Waals surface area contributed by atoms with Crippen LogP contribution in [0.5, 0.6) is 0 Å². The smallest absolute Gasteiger partial charge is 0.329 e. The van der Waals surface area contributed by atoms with Crippen molar-refractivity contribution >= 4 is 11.9 Å². The number of esters is 1. The number of halogens is 1. The summed E-state index contributed by atoms with van der Waals surface area (Å²) in [6, 6.07) is 3.83. The Morgan fingerprint density at radius 1 is 1.21 bits per heavy atom. The number of ether oxygens (including phenoxy) is 1. The van der Waals surface area contributed by atoms with E-state index in [9.17, 15) is 14.0 Å². The summed E-state index contributed by atoms with van der Waals surface area (Å²) in [5.74, 6) is -0.965. The Hall–Kier alpha value is -2.43. The van der Waals surface area contributed by atoms with E-state index >= 15 is 0 Å². The maximum absolute atomic E-state index is 13.8. The quantitative estimate of drug-likeness (QED) is 0.344. The molecule has 4 nitrogen and oxygen atoms in total. The SMILES string of the molecule is C/C=C\COC(=O)C(Cc1cc(F)cc(CC)c1)NC(=O)/C=C/C(C)CCC. The molecule has 0 aliphatic heterocycles. The van der Waals surface area contributed by atoms with Gasteiger partial charge in [0.2, 0.25) is 5.91 Å². The maximum atomic E-state index is 13.8. The fraction of sp³-hybridized carbons (Fsp3) is 0.478. The van der Waals surface area contributed by atoms with E-state index in [2.05, 4.69) is 12.2 Å². The molecule has 2 atom stereocenters. The number of carbonyl (C=O) groups excluding carboxylic acids is 2. The number of hydrogen-bond acceptors (Lipinski definition) is 3. The van der Waals surface area contributed by atoms with E-state index in [1.807, 2.05) is 32.9 Å². The van der Waals surface area contributed by atoms with Gasteiger partial charge in [-0.1, -0.05) is 51.5 Å². The largest absolute Gasteiger partial charge is 0.460 e. The van der Waals surface area contributed by atoms with Crippen LogP contribution < -0.4 is 5.32 Å². The zero-order chi connectivity index (χ0) is 20.9. The summed E-state index contributed by atoms with van der Waals surface area (Å²) in [6.07, 6.45) is 9.65. The summed E-state index contributed by atoms with van der Waals surface area (Å²) in [6.45, 7) is 8.02. The first kappa shape index (κ1) is 23.6. The second-order valence-corrected chi connectivity index (χ2v) is 6.91. The van der Waals surface area contributed by atoms with Gasteiger partial charge < -0.3 is 10.1 Å². The minimum atomic E-state index is -0.879. The lowest BCUT2D eigenvalue weighted by molar-refractivity contribution is -0.146. The van der Waals surface area contributed by atoms with Gasteiger partial charge in [-0.25, -0.2) is 9.18 Å². The molecule has 0 fully saturated rings. The van der Waals surface area contributed by atoms with Crippen LogP contribution >= 0.6 is 0 Å². The highest BCUT2D eigenvalue weighted by molar-refractivity contribution is 5.91. The van der Waals surface area contributed by atoms with E-state index in [1.165, 1.54) is 18.2 Å². The van der Waals surface area contributed by atoms with Crippen molar-refractivity contribution in [1.29, 1.82) is 0 Å². The number of carbonyl (C=O) groups is 2. The van der Waals surface area contributed by atoms with Crippen molar-refractivity contribution in [2.45, 2.75) is 59.4 Å². The minimum absolute atomic E-state index is 0.133. The number of nitrogens with one attached hydrogen (secondary N) is 1. The number of amides is 1. The molecule has 1 aromatic carbocycles. The molecule has 0 aliphatic rings. The van der Waals surface area contributed by atoms with E-state index in [-0.39, 0.29) is 30.7 Å². The van der Waals surface area contributed by atoms with Gasteiger partial charge in [0, 0.05) is 6.42 Å². The van der Waals surface area contributed by atoms with Gasteiger partial charge in [-0.05, 0) is 55.0 Å². The fourth-order valence-corrected chi connectivity index (χ4v) is 2.82. The summed E-state index contributed by atoms with van der Waals surface area (Å²) < 4.78 is 19.0. The van der Waals surface area contributed by atoms with Crippen molar-refractivity contribution in [2.75, 3.05) is 6.61 Å². The van der Waals surface area contributed by atoms with Crippen LogP contribution in [0, 0.1) is 11.7 Å². The van der Waals surface area contributed by atoms with E-state index < -0.39 is 12.0 Å². The molecule has 0 spiro atoms. The average Bonchev–Trinajstić information content (AvgIpc) is 2.65.